The summed E-state index contributed by atoms with van der Waals surface area (Å²) in [4.78, 5) is 24.0. The third-order valence-corrected chi connectivity index (χ3v) is 6.85. The second-order valence-corrected chi connectivity index (χ2v) is 11.3. The molecule has 35 heavy (non-hydrogen) atoms. The van der Waals surface area contributed by atoms with E-state index in [1.54, 1.807) is 15.8 Å². The summed E-state index contributed by atoms with van der Waals surface area (Å²) in [6.45, 7) is 11.4. The van der Waals surface area contributed by atoms with Gasteiger partial charge in [0.25, 0.3) is 0 Å². The minimum Gasteiger partial charge on any atom is -0.443 e. The molecule has 5 rings (SSSR count). The highest BCUT2D eigenvalue weighted by molar-refractivity contribution is 6.28. The molecule has 1 amide bonds. The molecule has 3 aliphatic rings. The van der Waals surface area contributed by atoms with Gasteiger partial charge in [0, 0.05) is 6.04 Å². The molecule has 0 unspecified atom stereocenters. The molecule has 3 fully saturated rings. The van der Waals surface area contributed by atoms with E-state index in [1.165, 1.54) is 0 Å². The number of nitrogens with zero attached hydrogens (tertiary/aromatic N) is 5. The Balaban J connectivity index is 1.57. The molecular formula is C24H34ClN5O5. The first-order chi connectivity index (χ1) is 16.5. The van der Waals surface area contributed by atoms with Crippen molar-refractivity contribution < 1.29 is 23.7 Å². The zero-order chi connectivity index (χ0) is 25.1. The van der Waals surface area contributed by atoms with Crippen LogP contribution in [0.5, 0.6) is 0 Å². The summed E-state index contributed by atoms with van der Waals surface area (Å²) in [6, 6.07) is -0.0358. The van der Waals surface area contributed by atoms with Crippen LogP contribution >= 0.6 is 11.6 Å². The maximum absolute atomic E-state index is 13.4. The first kappa shape index (κ1) is 24.7. The number of anilines is 1. The number of hydrogen-bond donors (Lipinski definition) is 0. The van der Waals surface area contributed by atoms with Crippen molar-refractivity contribution in [2.75, 3.05) is 4.90 Å². The molecule has 4 atom stereocenters. The van der Waals surface area contributed by atoms with Crippen LogP contribution in [0.4, 0.5) is 10.6 Å². The Bertz CT molecular complexity index is 1110. The molecule has 2 aliphatic heterocycles. The number of carbonyl (C=O) groups is 1. The van der Waals surface area contributed by atoms with Crippen LogP contribution in [-0.4, -0.2) is 61.6 Å². The van der Waals surface area contributed by atoms with Crippen molar-refractivity contribution >= 4 is 34.5 Å². The highest BCUT2D eigenvalue weighted by atomic mass is 35.5. The molecule has 0 spiro atoms. The van der Waals surface area contributed by atoms with Gasteiger partial charge in [0.1, 0.15) is 17.8 Å². The van der Waals surface area contributed by atoms with Crippen LogP contribution in [0.1, 0.15) is 79.9 Å². The van der Waals surface area contributed by atoms with Crippen molar-refractivity contribution in [3.63, 3.8) is 0 Å². The summed E-state index contributed by atoms with van der Waals surface area (Å²) in [5.74, 6) is -0.320. The second kappa shape index (κ2) is 8.83. The summed E-state index contributed by atoms with van der Waals surface area (Å²) in [7, 11) is 0. The van der Waals surface area contributed by atoms with Gasteiger partial charge in [0.15, 0.2) is 23.5 Å². The average Bonchev–Trinajstić information content (AvgIpc) is 3.50. The zero-order valence-corrected chi connectivity index (χ0v) is 21.9. The van der Waals surface area contributed by atoms with Gasteiger partial charge < -0.3 is 18.9 Å². The van der Waals surface area contributed by atoms with E-state index in [-0.39, 0.29) is 29.6 Å². The number of fused-ring (bicyclic) bond motifs is 2. The van der Waals surface area contributed by atoms with Gasteiger partial charge in [-0.2, -0.15) is 15.1 Å². The normalized spacial score (nSPS) is 28.5. The monoisotopic (exact) mass is 507 g/mol. The Morgan fingerprint density at radius 2 is 1.91 bits per heavy atom. The molecule has 10 nitrogen and oxygen atoms in total. The third kappa shape index (κ3) is 4.61. The van der Waals surface area contributed by atoms with E-state index in [0.717, 1.165) is 32.1 Å². The lowest BCUT2D eigenvalue weighted by Crippen LogP contribution is -2.43. The third-order valence-electron chi connectivity index (χ3n) is 6.68. The van der Waals surface area contributed by atoms with Gasteiger partial charge in [0.05, 0.1) is 17.7 Å². The number of aromatic nitrogens is 4. The number of carbonyl (C=O) groups excluding carboxylic acids is 1. The van der Waals surface area contributed by atoms with Crippen molar-refractivity contribution in [3.8, 4) is 0 Å². The van der Waals surface area contributed by atoms with Gasteiger partial charge in [0.2, 0.25) is 5.28 Å². The van der Waals surface area contributed by atoms with Crippen LogP contribution in [-0.2, 0) is 18.9 Å². The van der Waals surface area contributed by atoms with E-state index in [1.807, 2.05) is 34.6 Å². The smallest absolute Gasteiger partial charge is 0.416 e. The summed E-state index contributed by atoms with van der Waals surface area (Å²) in [5, 5.41) is 5.24. The lowest BCUT2D eigenvalue weighted by Gasteiger charge is -2.31. The maximum atomic E-state index is 13.4. The van der Waals surface area contributed by atoms with Gasteiger partial charge in [-0.15, -0.1) is 0 Å². The van der Waals surface area contributed by atoms with Crippen molar-refractivity contribution in [3.05, 3.63) is 11.5 Å². The number of hydrogen-bond acceptors (Lipinski definition) is 8. The van der Waals surface area contributed by atoms with E-state index in [4.69, 9.17) is 30.5 Å². The molecule has 0 bridgehead atoms. The van der Waals surface area contributed by atoms with E-state index in [2.05, 4.69) is 22.0 Å². The molecule has 2 saturated heterocycles. The van der Waals surface area contributed by atoms with E-state index in [9.17, 15) is 4.79 Å². The summed E-state index contributed by atoms with van der Waals surface area (Å²) >= 11 is 6.42. The first-order valence-electron chi connectivity index (χ1n) is 12.4. The van der Waals surface area contributed by atoms with Crippen LogP contribution in [0.3, 0.4) is 0 Å². The maximum Gasteiger partial charge on any atom is 0.416 e. The Hall–Kier alpha value is -2.01. The first-order valence-corrected chi connectivity index (χ1v) is 12.8. The van der Waals surface area contributed by atoms with Crippen molar-refractivity contribution in [1.29, 1.82) is 0 Å². The van der Waals surface area contributed by atoms with Crippen LogP contribution in [0, 0.1) is 0 Å². The lowest BCUT2D eigenvalue weighted by atomic mass is 10.1. The Kier molecular flexibility index (Phi) is 6.22. The fourth-order valence-electron chi connectivity index (χ4n) is 5.32. The Labute approximate surface area is 210 Å². The standard InChI is InChI=1S/C24H34ClN5O5/c1-7-15-16-17(34-24(5,6)33-16)20(32-15)30-19-14(12-26-30)18(27-21(25)28-19)29(13-10-8-9-11-13)22(31)35-23(2,3)4/h12-13,15-17,20H,7-11H2,1-6H3/t15-,16-,17-,20-/m1/s1. The molecule has 11 heteroatoms. The fraction of sp³-hybridized carbons (Fsp3) is 0.750. The molecule has 0 radical (unpaired) electrons. The molecule has 192 valence electrons. The topological polar surface area (TPSA) is 101 Å². The van der Waals surface area contributed by atoms with Crippen LogP contribution in [0.25, 0.3) is 11.0 Å². The van der Waals surface area contributed by atoms with E-state index >= 15 is 0 Å². The minimum absolute atomic E-state index is 0.0197. The summed E-state index contributed by atoms with van der Waals surface area (Å²) in [5.41, 5.74) is -0.178. The molecule has 1 saturated carbocycles. The number of rotatable bonds is 4. The van der Waals surface area contributed by atoms with Crippen LogP contribution in [0.15, 0.2) is 6.20 Å². The van der Waals surface area contributed by atoms with Crippen molar-refractivity contribution in [2.24, 2.45) is 0 Å². The molecule has 2 aromatic heterocycles. The summed E-state index contributed by atoms with van der Waals surface area (Å²) in [6.07, 6.45) is 4.52. The number of halogens is 1. The number of ether oxygens (including phenoxy) is 4. The van der Waals surface area contributed by atoms with Gasteiger partial charge in [-0.05, 0) is 65.5 Å². The van der Waals surface area contributed by atoms with E-state index in [0.29, 0.717) is 16.9 Å². The lowest BCUT2D eigenvalue weighted by molar-refractivity contribution is -0.197. The van der Waals surface area contributed by atoms with Gasteiger partial charge in [-0.1, -0.05) is 19.8 Å². The van der Waals surface area contributed by atoms with Gasteiger partial charge in [-0.25, -0.2) is 9.48 Å². The quantitative estimate of drug-likeness (QED) is 0.533. The highest BCUT2D eigenvalue weighted by Crippen LogP contribution is 2.45. The van der Waals surface area contributed by atoms with Crippen LogP contribution < -0.4 is 4.90 Å². The van der Waals surface area contributed by atoms with Gasteiger partial charge >= 0.3 is 6.09 Å². The predicted octanol–water partition coefficient (Wildman–Crippen LogP) is 4.99. The molecule has 2 aromatic rings. The van der Waals surface area contributed by atoms with Crippen LogP contribution in [0.2, 0.25) is 5.28 Å². The largest absolute Gasteiger partial charge is 0.443 e. The molecule has 0 aromatic carbocycles. The Morgan fingerprint density at radius 3 is 2.57 bits per heavy atom. The minimum atomic E-state index is -0.721. The zero-order valence-electron chi connectivity index (χ0n) is 21.2. The fourth-order valence-corrected chi connectivity index (χ4v) is 5.48. The average molecular weight is 508 g/mol. The predicted molar refractivity (Wildman–Crippen MR) is 129 cm³/mol. The molecule has 4 heterocycles. The highest BCUT2D eigenvalue weighted by Gasteiger charge is 2.56. The SMILES string of the molecule is CC[C@H]1O[C@@H](n2ncc3c(N(C(=O)OC(C)(C)C)C4CCCC4)nc(Cl)nc32)[C@@H]2OC(C)(C)O[C@@H]21. The summed E-state index contributed by atoms with van der Waals surface area (Å²) < 4.78 is 26.1. The molecule has 1 aliphatic carbocycles. The second-order valence-electron chi connectivity index (χ2n) is 11.0. The van der Waals surface area contributed by atoms with E-state index < -0.39 is 23.7 Å². The van der Waals surface area contributed by atoms with Crippen molar-refractivity contribution in [2.45, 2.75) is 116 Å². The molecular weight excluding hydrogens is 474 g/mol. The Morgan fingerprint density at radius 1 is 1.23 bits per heavy atom. The van der Waals surface area contributed by atoms with Gasteiger partial charge in [-0.3, -0.25) is 4.90 Å². The van der Waals surface area contributed by atoms with Crippen molar-refractivity contribution in [1.82, 2.24) is 19.7 Å². The number of amides is 1. The molecule has 0 N–H and O–H groups in total.